The van der Waals surface area contributed by atoms with Gasteiger partial charge in [0, 0.05) is 18.8 Å². The second-order valence-corrected chi connectivity index (χ2v) is 13.6. The van der Waals surface area contributed by atoms with E-state index in [0.29, 0.717) is 37.7 Å². The van der Waals surface area contributed by atoms with Crippen molar-refractivity contribution in [1.29, 1.82) is 0 Å². The summed E-state index contributed by atoms with van der Waals surface area (Å²) in [5, 5.41) is 2.68. The molecule has 0 radical (unpaired) electrons. The van der Waals surface area contributed by atoms with Crippen molar-refractivity contribution >= 4 is 60.3 Å². The highest BCUT2D eigenvalue weighted by Crippen LogP contribution is 2.33. The number of morpholine rings is 1. The topological polar surface area (TPSA) is 143 Å². The van der Waals surface area contributed by atoms with Gasteiger partial charge in [-0.05, 0) is 72.8 Å². The van der Waals surface area contributed by atoms with Gasteiger partial charge in [0.1, 0.15) is 11.6 Å². The number of hydrogen-bond donors (Lipinski definition) is 3. The van der Waals surface area contributed by atoms with Crippen molar-refractivity contribution in [1.82, 2.24) is 0 Å². The van der Waals surface area contributed by atoms with Crippen LogP contribution in [-0.4, -0.2) is 56.2 Å². The molecule has 5 rings (SSSR count). The molecule has 0 bridgehead atoms. The van der Waals surface area contributed by atoms with Crippen molar-refractivity contribution in [3.8, 4) is 5.75 Å². The van der Waals surface area contributed by atoms with E-state index in [4.69, 9.17) is 21.1 Å². The molecule has 46 heavy (non-hydrogen) atoms. The second-order valence-electron chi connectivity index (χ2n) is 9.79. The van der Waals surface area contributed by atoms with Gasteiger partial charge in [0.2, 0.25) is 0 Å². The van der Waals surface area contributed by atoms with Crippen LogP contribution in [0.5, 0.6) is 5.75 Å². The van der Waals surface area contributed by atoms with E-state index in [1.54, 1.807) is 30.3 Å². The Balaban J connectivity index is 0.00000480. The Morgan fingerprint density at radius 1 is 0.848 bits per heavy atom. The summed E-state index contributed by atoms with van der Waals surface area (Å²) in [7, 11) is -6.92. The molecule has 1 aliphatic rings. The van der Waals surface area contributed by atoms with Crippen molar-refractivity contribution in [3.63, 3.8) is 0 Å². The molecule has 4 aromatic rings. The predicted octanol–water partition coefficient (Wildman–Crippen LogP) is 2.18. The first-order valence-corrected chi connectivity index (χ1v) is 16.8. The van der Waals surface area contributed by atoms with E-state index in [1.165, 1.54) is 43.5 Å². The molecule has 0 aromatic heterocycles. The molecule has 11 nitrogen and oxygen atoms in total. The van der Waals surface area contributed by atoms with E-state index in [2.05, 4.69) is 14.8 Å². The summed E-state index contributed by atoms with van der Waals surface area (Å²) in [5.41, 5.74) is 0.848. The van der Waals surface area contributed by atoms with Gasteiger partial charge in [-0.3, -0.25) is 14.2 Å². The fraction of sp³-hybridized carbons (Fsp3) is 0.167. The quantitative estimate of drug-likeness (QED) is 0.228. The Labute approximate surface area is 277 Å². The fourth-order valence-electron chi connectivity index (χ4n) is 4.56. The number of amides is 1. The largest absolute Gasteiger partial charge is 1.00 e. The summed E-state index contributed by atoms with van der Waals surface area (Å²) in [6.07, 6.45) is 0. The lowest BCUT2D eigenvalue weighted by atomic mass is 10.2. The number of carbonyl (C=O) groups is 1. The summed E-state index contributed by atoms with van der Waals surface area (Å²) in [4.78, 5) is 15.1. The summed E-state index contributed by atoms with van der Waals surface area (Å²) in [6, 6.07) is 19.1. The fourth-order valence-corrected chi connectivity index (χ4v) is 6.95. The number of ether oxygens (including phenoxy) is 2. The number of halogens is 3. The highest BCUT2D eigenvalue weighted by atomic mass is 35.5. The van der Waals surface area contributed by atoms with Gasteiger partial charge >= 0.3 is 0 Å². The van der Waals surface area contributed by atoms with E-state index >= 15 is 0 Å². The monoisotopic (exact) mass is 709 g/mol. The van der Waals surface area contributed by atoms with Crippen molar-refractivity contribution in [3.05, 3.63) is 101 Å². The van der Waals surface area contributed by atoms with Crippen LogP contribution in [0.25, 0.3) is 0 Å². The molecule has 0 unspecified atom stereocenters. The van der Waals surface area contributed by atoms with Crippen LogP contribution in [0, 0.1) is 5.82 Å². The predicted molar refractivity (Wildman–Crippen MR) is 170 cm³/mol. The van der Waals surface area contributed by atoms with Crippen LogP contribution in [0.1, 0.15) is 10.4 Å². The second kappa shape index (κ2) is 14.6. The average Bonchev–Trinajstić information content (AvgIpc) is 3.02. The molecule has 1 heterocycles. The number of anilines is 4. The Morgan fingerprint density at radius 2 is 1.48 bits per heavy atom. The zero-order valence-electron chi connectivity index (χ0n) is 24.2. The van der Waals surface area contributed by atoms with Crippen molar-refractivity contribution in [2.24, 2.45) is 0 Å². The third-order valence-corrected chi connectivity index (χ3v) is 9.89. The van der Waals surface area contributed by atoms with E-state index < -0.39 is 31.8 Å². The van der Waals surface area contributed by atoms with Crippen LogP contribution in [0.15, 0.2) is 94.7 Å². The molecule has 244 valence electrons. The van der Waals surface area contributed by atoms with Crippen LogP contribution < -0.4 is 36.8 Å². The molecular formula is C30H28Cl2FN4O7S2-. The number of para-hydroxylation sites is 2. The first kappa shape index (κ1) is 34.8. The first-order chi connectivity index (χ1) is 21.5. The Kier molecular flexibility index (Phi) is 11.0. The molecule has 1 aliphatic heterocycles. The van der Waals surface area contributed by atoms with Gasteiger partial charge in [0.05, 0.1) is 57.8 Å². The molecule has 3 N–H and O–H groups in total. The smallest absolute Gasteiger partial charge is 0.262 e. The van der Waals surface area contributed by atoms with E-state index in [-0.39, 0.29) is 49.8 Å². The molecule has 4 aromatic carbocycles. The minimum Gasteiger partial charge on any atom is -1.00 e. The lowest BCUT2D eigenvalue weighted by molar-refractivity contribution is -0.0000227. The first-order valence-electron chi connectivity index (χ1n) is 13.5. The number of benzene rings is 4. The van der Waals surface area contributed by atoms with Crippen LogP contribution >= 0.6 is 11.6 Å². The number of nitrogens with zero attached hydrogens (tertiary/aromatic N) is 1. The Hall–Kier alpha value is -4.08. The zero-order chi connectivity index (χ0) is 32.2. The summed E-state index contributed by atoms with van der Waals surface area (Å²) >= 11 is 6.33. The standard InChI is InChI=1S/C30H28ClFN4O7S2.ClH/c1-42-29-5-3-2-4-26(29)35-45(40,41)23-11-13-28(36-14-16-43-17-15-36)27(19-23)33-30(37)24-18-22(10-12-25(24)31)44(38,39)34-21-8-6-20(32)7-9-21;/h2-13,18-19,34-35H,14-17H2,1H3,(H,33,37);1H/p-1. The number of methoxy groups -OCH3 is 1. The van der Waals surface area contributed by atoms with Crippen LogP contribution in [0.3, 0.4) is 0 Å². The summed E-state index contributed by atoms with van der Waals surface area (Å²) < 4.78 is 81.8. The third-order valence-electron chi connectivity index (χ3n) is 6.82. The van der Waals surface area contributed by atoms with Crippen molar-refractivity contribution in [2.75, 3.05) is 53.1 Å². The highest BCUT2D eigenvalue weighted by Gasteiger charge is 2.24. The minimum atomic E-state index is -4.19. The van der Waals surface area contributed by atoms with Crippen LogP contribution in [0.4, 0.5) is 27.1 Å². The van der Waals surface area contributed by atoms with Crippen LogP contribution in [-0.2, 0) is 24.8 Å². The molecular weight excluding hydrogens is 682 g/mol. The van der Waals surface area contributed by atoms with Gasteiger partial charge in [-0.25, -0.2) is 21.2 Å². The van der Waals surface area contributed by atoms with Gasteiger partial charge in [-0.15, -0.1) is 0 Å². The van der Waals surface area contributed by atoms with Gasteiger partial charge < -0.3 is 32.1 Å². The Morgan fingerprint density at radius 3 is 2.17 bits per heavy atom. The zero-order valence-corrected chi connectivity index (χ0v) is 27.3. The highest BCUT2D eigenvalue weighted by molar-refractivity contribution is 7.93. The maximum absolute atomic E-state index is 13.6. The minimum absolute atomic E-state index is 0. The van der Waals surface area contributed by atoms with Gasteiger partial charge in [0.25, 0.3) is 26.0 Å². The molecule has 1 amide bonds. The maximum atomic E-state index is 13.6. The van der Waals surface area contributed by atoms with Crippen molar-refractivity contribution in [2.45, 2.75) is 9.79 Å². The lowest BCUT2D eigenvalue weighted by Crippen LogP contribution is -3.00. The number of rotatable bonds is 10. The summed E-state index contributed by atoms with van der Waals surface area (Å²) in [5.74, 6) is -0.995. The SMILES string of the molecule is COc1ccccc1NS(=O)(=O)c1ccc(N2CCOCC2)c(NC(=O)c2cc(S(=O)(=O)Nc3ccc(F)cc3)ccc2Cl)c1.[Cl-]. The number of sulfonamides is 2. The molecule has 0 aliphatic carbocycles. The number of carbonyl (C=O) groups excluding carboxylic acids is 1. The maximum Gasteiger partial charge on any atom is 0.262 e. The molecule has 1 saturated heterocycles. The molecule has 1 fully saturated rings. The molecule has 0 spiro atoms. The van der Waals surface area contributed by atoms with Gasteiger partial charge in [-0.1, -0.05) is 23.7 Å². The normalized spacial score (nSPS) is 13.3. The summed E-state index contributed by atoms with van der Waals surface area (Å²) in [6.45, 7) is 1.82. The van der Waals surface area contributed by atoms with E-state index in [9.17, 15) is 26.0 Å². The number of hydrogen-bond acceptors (Lipinski definition) is 8. The van der Waals surface area contributed by atoms with Crippen molar-refractivity contribution < 1.29 is 47.9 Å². The van der Waals surface area contributed by atoms with E-state index in [0.717, 1.165) is 18.2 Å². The van der Waals surface area contributed by atoms with E-state index in [1.807, 2.05) is 4.90 Å². The molecule has 16 heteroatoms. The lowest BCUT2D eigenvalue weighted by Gasteiger charge is -2.31. The number of nitrogens with one attached hydrogen (secondary N) is 3. The van der Waals surface area contributed by atoms with Gasteiger partial charge in [-0.2, -0.15) is 0 Å². The molecule has 0 saturated carbocycles. The third kappa shape index (κ3) is 8.00. The average molecular weight is 711 g/mol. The molecule has 0 atom stereocenters. The Bertz CT molecular complexity index is 1940. The van der Waals surface area contributed by atoms with Gasteiger partial charge in [0.15, 0.2) is 0 Å². The van der Waals surface area contributed by atoms with Crippen LogP contribution in [0.2, 0.25) is 5.02 Å².